The van der Waals surface area contributed by atoms with Crippen molar-refractivity contribution >= 4 is 71.7 Å². The van der Waals surface area contributed by atoms with Crippen LogP contribution in [-0.4, -0.2) is 0 Å². The third kappa shape index (κ3) is 4.44. The molecule has 0 unspecified atom stereocenters. The van der Waals surface area contributed by atoms with Gasteiger partial charge in [-0.25, -0.2) is 0 Å². The van der Waals surface area contributed by atoms with E-state index in [1.165, 1.54) is 16.5 Å². The molecule has 2 heterocycles. The van der Waals surface area contributed by atoms with E-state index < -0.39 is 0 Å². The lowest BCUT2D eigenvalue weighted by Crippen LogP contribution is -2.10. The van der Waals surface area contributed by atoms with E-state index in [1.54, 1.807) is 0 Å². The molecule has 2 aromatic heterocycles. The van der Waals surface area contributed by atoms with Gasteiger partial charge in [-0.3, -0.25) is 0 Å². The number of nitrogens with zero attached hydrogens (tertiary/aromatic N) is 1. The van der Waals surface area contributed by atoms with Crippen LogP contribution in [-0.2, 0) is 0 Å². The normalized spacial score (nSPS) is 11.7. The molecular formula is C46H29NO2. The third-order valence-corrected chi connectivity index (χ3v) is 9.66. The van der Waals surface area contributed by atoms with Gasteiger partial charge in [-0.2, -0.15) is 0 Å². The fraction of sp³-hybridized carbons (Fsp3) is 0. The lowest BCUT2D eigenvalue weighted by Gasteiger charge is -2.26. The molecule has 0 spiro atoms. The molecule has 0 bridgehead atoms. The van der Waals surface area contributed by atoms with E-state index in [2.05, 4.69) is 163 Å². The highest BCUT2D eigenvalue weighted by Gasteiger charge is 2.22. The molecule has 10 aromatic rings. The summed E-state index contributed by atoms with van der Waals surface area (Å²) >= 11 is 0. The number of hydrogen-bond donors (Lipinski definition) is 0. The van der Waals surface area contributed by atoms with Gasteiger partial charge in [0.25, 0.3) is 0 Å². The van der Waals surface area contributed by atoms with Crippen LogP contribution in [0.5, 0.6) is 0 Å². The summed E-state index contributed by atoms with van der Waals surface area (Å²) in [6.07, 6.45) is 0. The van der Waals surface area contributed by atoms with Gasteiger partial charge in [0.15, 0.2) is 5.58 Å². The van der Waals surface area contributed by atoms with Crippen LogP contribution in [0.1, 0.15) is 0 Å². The molecule has 49 heavy (non-hydrogen) atoms. The standard InChI is InChI=1S/C46H29NO2/c1-3-12-30(13-4-1)31-22-24-33(25-23-31)47(41-19-11-18-37-36-16-7-9-20-42(36)49-46(37)41)34-26-27-35-39(32-14-5-2-6-15-32)29-44-45(40(35)28-34)38-17-8-10-21-43(38)48-44/h1-29H. The second kappa shape index (κ2) is 11.0. The van der Waals surface area contributed by atoms with Crippen molar-refractivity contribution in [2.75, 3.05) is 4.90 Å². The zero-order valence-electron chi connectivity index (χ0n) is 26.5. The second-order valence-corrected chi connectivity index (χ2v) is 12.5. The van der Waals surface area contributed by atoms with E-state index in [-0.39, 0.29) is 0 Å². The molecule has 0 fully saturated rings. The average Bonchev–Trinajstić information content (AvgIpc) is 3.75. The van der Waals surface area contributed by atoms with Gasteiger partial charge in [0, 0.05) is 32.9 Å². The van der Waals surface area contributed by atoms with Gasteiger partial charge in [-0.05, 0) is 81.6 Å². The predicted octanol–water partition coefficient (Wildman–Crippen LogP) is 13.4. The maximum Gasteiger partial charge on any atom is 0.159 e. The Bertz CT molecular complexity index is 2810. The zero-order valence-corrected chi connectivity index (χ0v) is 26.5. The van der Waals surface area contributed by atoms with Crippen LogP contribution >= 0.6 is 0 Å². The number of fused-ring (bicyclic) bond motifs is 8. The minimum atomic E-state index is 0.855. The number of benzene rings is 8. The summed E-state index contributed by atoms with van der Waals surface area (Å²) < 4.78 is 13.1. The maximum absolute atomic E-state index is 6.62. The Morgan fingerprint density at radius 2 is 0.959 bits per heavy atom. The molecule has 3 nitrogen and oxygen atoms in total. The lowest BCUT2D eigenvalue weighted by atomic mass is 9.94. The van der Waals surface area contributed by atoms with Crippen molar-refractivity contribution in [2.24, 2.45) is 0 Å². The minimum absolute atomic E-state index is 0.855. The van der Waals surface area contributed by atoms with Gasteiger partial charge in [0.1, 0.15) is 16.7 Å². The van der Waals surface area contributed by atoms with Crippen LogP contribution in [0.25, 0.3) is 76.9 Å². The Kier molecular flexibility index (Phi) is 6.18. The van der Waals surface area contributed by atoms with Gasteiger partial charge >= 0.3 is 0 Å². The predicted molar refractivity (Wildman–Crippen MR) is 204 cm³/mol. The van der Waals surface area contributed by atoms with Crippen LogP contribution in [0, 0.1) is 0 Å². The Labute approximate surface area is 282 Å². The first-order chi connectivity index (χ1) is 24.3. The number of rotatable bonds is 5. The Morgan fingerprint density at radius 3 is 1.73 bits per heavy atom. The third-order valence-electron chi connectivity index (χ3n) is 9.66. The van der Waals surface area contributed by atoms with E-state index in [0.717, 1.165) is 77.5 Å². The molecule has 230 valence electrons. The summed E-state index contributed by atoms with van der Waals surface area (Å²) in [6, 6.07) is 61.9. The van der Waals surface area contributed by atoms with Crippen molar-refractivity contribution in [2.45, 2.75) is 0 Å². The summed E-state index contributed by atoms with van der Waals surface area (Å²) in [4.78, 5) is 2.32. The highest BCUT2D eigenvalue weighted by molar-refractivity contribution is 6.23. The fourth-order valence-electron chi connectivity index (χ4n) is 7.39. The molecule has 0 aliphatic carbocycles. The van der Waals surface area contributed by atoms with Crippen LogP contribution in [0.4, 0.5) is 17.1 Å². The van der Waals surface area contributed by atoms with E-state index in [1.807, 2.05) is 18.2 Å². The Balaban J connectivity index is 1.26. The number of para-hydroxylation sites is 3. The van der Waals surface area contributed by atoms with Crippen LogP contribution in [0.15, 0.2) is 185 Å². The van der Waals surface area contributed by atoms with Gasteiger partial charge < -0.3 is 13.7 Å². The summed E-state index contributed by atoms with van der Waals surface area (Å²) in [6.45, 7) is 0. The summed E-state index contributed by atoms with van der Waals surface area (Å²) in [5.41, 5.74) is 11.2. The summed E-state index contributed by atoms with van der Waals surface area (Å²) in [7, 11) is 0. The second-order valence-electron chi connectivity index (χ2n) is 12.5. The van der Waals surface area contributed by atoms with Crippen molar-refractivity contribution in [1.82, 2.24) is 0 Å². The van der Waals surface area contributed by atoms with E-state index >= 15 is 0 Å². The van der Waals surface area contributed by atoms with E-state index in [4.69, 9.17) is 8.83 Å². The molecule has 0 aliphatic heterocycles. The molecule has 0 saturated heterocycles. The molecule has 0 N–H and O–H groups in total. The summed E-state index contributed by atoms with van der Waals surface area (Å²) in [5, 5.41) is 6.74. The van der Waals surface area contributed by atoms with E-state index in [0.29, 0.717) is 0 Å². The zero-order chi connectivity index (χ0) is 32.3. The first kappa shape index (κ1) is 27.5. The monoisotopic (exact) mass is 627 g/mol. The van der Waals surface area contributed by atoms with Crippen molar-refractivity contribution < 1.29 is 8.83 Å². The van der Waals surface area contributed by atoms with Gasteiger partial charge in [-0.1, -0.05) is 127 Å². The number of furan rings is 2. The average molecular weight is 628 g/mol. The largest absolute Gasteiger partial charge is 0.456 e. The first-order valence-corrected chi connectivity index (χ1v) is 16.6. The highest BCUT2D eigenvalue weighted by Crippen LogP contribution is 2.46. The van der Waals surface area contributed by atoms with Gasteiger partial charge in [0.05, 0.1) is 5.69 Å². The molecule has 0 radical (unpaired) electrons. The Morgan fingerprint density at radius 1 is 0.347 bits per heavy atom. The number of hydrogen-bond acceptors (Lipinski definition) is 3. The molecule has 8 aromatic carbocycles. The quantitative estimate of drug-likeness (QED) is 0.190. The molecule has 0 aliphatic rings. The molecule has 10 rings (SSSR count). The maximum atomic E-state index is 6.62. The van der Waals surface area contributed by atoms with Crippen molar-refractivity contribution in [3.05, 3.63) is 176 Å². The van der Waals surface area contributed by atoms with Gasteiger partial charge in [0.2, 0.25) is 0 Å². The lowest BCUT2D eigenvalue weighted by molar-refractivity contribution is 0.669. The Hall–Kier alpha value is -6.58. The van der Waals surface area contributed by atoms with Crippen molar-refractivity contribution in [3.63, 3.8) is 0 Å². The molecule has 3 heteroatoms. The molecule has 0 saturated carbocycles. The minimum Gasteiger partial charge on any atom is -0.456 e. The van der Waals surface area contributed by atoms with Crippen molar-refractivity contribution in [1.29, 1.82) is 0 Å². The fourth-order valence-corrected chi connectivity index (χ4v) is 7.39. The SMILES string of the molecule is c1ccc(-c2ccc(N(c3ccc4c(-c5ccccc5)cc5oc6ccccc6c5c4c3)c3cccc4c3oc3ccccc34)cc2)cc1. The summed E-state index contributed by atoms with van der Waals surface area (Å²) in [5.74, 6) is 0. The van der Waals surface area contributed by atoms with Gasteiger partial charge in [-0.15, -0.1) is 0 Å². The molecular weight excluding hydrogens is 599 g/mol. The molecule has 0 amide bonds. The topological polar surface area (TPSA) is 29.5 Å². The highest BCUT2D eigenvalue weighted by atomic mass is 16.3. The van der Waals surface area contributed by atoms with E-state index in [9.17, 15) is 0 Å². The van der Waals surface area contributed by atoms with Crippen LogP contribution in [0.3, 0.4) is 0 Å². The van der Waals surface area contributed by atoms with Crippen LogP contribution in [0.2, 0.25) is 0 Å². The smallest absolute Gasteiger partial charge is 0.159 e. The first-order valence-electron chi connectivity index (χ1n) is 16.6. The number of anilines is 3. The van der Waals surface area contributed by atoms with Crippen molar-refractivity contribution in [3.8, 4) is 22.3 Å². The molecule has 0 atom stereocenters. The van der Waals surface area contributed by atoms with Crippen LogP contribution < -0.4 is 4.90 Å².